The number of ketones is 1. The molecule has 6 nitrogen and oxygen atoms in total. The summed E-state index contributed by atoms with van der Waals surface area (Å²) < 4.78 is 24.9. The smallest absolute Gasteiger partial charge is 0.295 e. The Kier molecular flexibility index (Phi) is 7.68. The molecule has 1 aliphatic rings. The lowest BCUT2D eigenvalue weighted by atomic mass is 9.94. The van der Waals surface area contributed by atoms with E-state index in [1.165, 1.54) is 36.3 Å². The summed E-state index contributed by atoms with van der Waals surface area (Å²) in [5.74, 6) is -1.37. The normalized spacial score (nSPS) is 16.9. The van der Waals surface area contributed by atoms with Crippen LogP contribution in [0.3, 0.4) is 0 Å². The Bertz CT molecular complexity index is 1270. The van der Waals surface area contributed by atoms with E-state index in [0.717, 1.165) is 18.4 Å². The van der Waals surface area contributed by atoms with E-state index >= 15 is 0 Å². The number of hydrogen-bond donors (Lipinski definition) is 1. The summed E-state index contributed by atoms with van der Waals surface area (Å²) in [7, 11) is 1.52. The third-order valence-corrected chi connectivity index (χ3v) is 6.11. The first kappa shape index (κ1) is 25.0. The number of Topliss-reactive ketones (excluding diaryl/α,β-unsaturated/α-hetero) is 1. The van der Waals surface area contributed by atoms with E-state index in [0.29, 0.717) is 23.7 Å². The molecule has 1 aliphatic heterocycles. The molecule has 7 heteroatoms. The van der Waals surface area contributed by atoms with Gasteiger partial charge < -0.3 is 19.5 Å². The second-order valence-corrected chi connectivity index (χ2v) is 8.53. The lowest BCUT2D eigenvalue weighted by molar-refractivity contribution is -0.140. The molecule has 3 aromatic carbocycles. The van der Waals surface area contributed by atoms with Crippen molar-refractivity contribution in [3.05, 3.63) is 101 Å². The Hall–Kier alpha value is -4.13. The van der Waals surface area contributed by atoms with Gasteiger partial charge in [-0.3, -0.25) is 9.59 Å². The minimum atomic E-state index is -0.881. The molecular weight excluding hydrogens is 461 g/mol. The number of nitrogens with zero attached hydrogens (tertiary/aromatic N) is 1. The van der Waals surface area contributed by atoms with E-state index in [9.17, 15) is 19.1 Å². The van der Waals surface area contributed by atoms with Gasteiger partial charge in [0.15, 0.2) is 11.5 Å². The summed E-state index contributed by atoms with van der Waals surface area (Å²) in [4.78, 5) is 27.9. The highest BCUT2D eigenvalue weighted by Gasteiger charge is 2.46. The Morgan fingerprint density at radius 3 is 2.39 bits per heavy atom. The molecule has 1 amide bonds. The number of carbonyl (C=O) groups is 2. The zero-order valence-electron chi connectivity index (χ0n) is 20.2. The molecule has 186 valence electrons. The number of ether oxygens (including phenoxy) is 2. The lowest BCUT2D eigenvalue weighted by Crippen LogP contribution is -2.29. The van der Waals surface area contributed by atoms with Crippen molar-refractivity contribution in [3.8, 4) is 11.5 Å². The third-order valence-electron chi connectivity index (χ3n) is 6.11. The average Bonchev–Trinajstić information content (AvgIpc) is 3.14. The molecule has 0 radical (unpaired) electrons. The molecule has 1 fully saturated rings. The molecule has 0 saturated carbocycles. The van der Waals surface area contributed by atoms with Crippen LogP contribution in [-0.2, 0) is 16.1 Å². The molecule has 1 unspecified atom stereocenters. The maximum absolute atomic E-state index is 13.5. The number of methoxy groups -OCH3 is 1. The van der Waals surface area contributed by atoms with Crippen molar-refractivity contribution in [2.24, 2.45) is 0 Å². The molecule has 0 bridgehead atoms. The fraction of sp³-hybridized carbons (Fsp3) is 0.241. The summed E-state index contributed by atoms with van der Waals surface area (Å²) in [6.07, 6.45) is 1.87. The predicted molar refractivity (Wildman–Crippen MR) is 134 cm³/mol. The van der Waals surface area contributed by atoms with Crippen molar-refractivity contribution in [1.29, 1.82) is 0 Å². The molecule has 0 spiro atoms. The van der Waals surface area contributed by atoms with E-state index in [1.54, 1.807) is 18.2 Å². The van der Waals surface area contributed by atoms with Gasteiger partial charge in [0.1, 0.15) is 11.6 Å². The zero-order valence-corrected chi connectivity index (χ0v) is 20.2. The van der Waals surface area contributed by atoms with Crippen LogP contribution in [0.2, 0.25) is 0 Å². The second-order valence-electron chi connectivity index (χ2n) is 8.53. The average molecular weight is 490 g/mol. The summed E-state index contributed by atoms with van der Waals surface area (Å²) in [6, 6.07) is 18.8. The molecule has 3 aromatic rings. The number of aliphatic hydroxyl groups is 1. The van der Waals surface area contributed by atoms with Crippen molar-refractivity contribution in [1.82, 2.24) is 4.90 Å². The van der Waals surface area contributed by atoms with Crippen LogP contribution in [0.5, 0.6) is 11.5 Å². The Labute approximate surface area is 209 Å². The molecule has 1 saturated heterocycles. The van der Waals surface area contributed by atoms with Gasteiger partial charge in [0.2, 0.25) is 0 Å². The molecule has 0 aliphatic carbocycles. The largest absolute Gasteiger partial charge is 0.507 e. The van der Waals surface area contributed by atoms with Gasteiger partial charge in [0, 0.05) is 12.1 Å². The van der Waals surface area contributed by atoms with E-state index in [-0.39, 0.29) is 23.4 Å². The summed E-state index contributed by atoms with van der Waals surface area (Å²) >= 11 is 0. The Morgan fingerprint density at radius 2 is 1.72 bits per heavy atom. The molecule has 1 heterocycles. The lowest BCUT2D eigenvalue weighted by Gasteiger charge is -2.26. The Balaban J connectivity index is 1.82. The zero-order chi connectivity index (χ0) is 25.7. The number of amides is 1. The minimum absolute atomic E-state index is 0.0655. The van der Waals surface area contributed by atoms with Crippen molar-refractivity contribution in [3.63, 3.8) is 0 Å². The molecule has 0 aromatic heterocycles. The number of benzene rings is 3. The first-order chi connectivity index (χ1) is 17.4. The van der Waals surface area contributed by atoms with Gasteiger partial charge >= 0.3 is 0 Å². The number of aliphatic hydroxyl groups excluding tert-OH is 1. The van der Waals surface area contributed by atoms with Gasteiger partial charge in [0.25, 0.3) is 11.7 Å². The molecule has 4 rings (SSSR count). The standard InChI is InChI=1S/C29H28FNO5/c1-3-4-16-36-23-15-12-21(17-24(23)35-2)26-25(27(32)20-10-13-22(30)14-11-20)28(33)29(34)31(26)18-19-8-6-5-7-9-19/h5-15,17,26,32H,3-4,16,18H2,1-2H3/b27-25+. The van der Waals surface area contributed by atoms with Crippen LogP contribution in [0.25, 0.3) is 5.76 Å². The van der Waals surface area contributed by atoms with E-state index < -0.39 is 23.5 Å². The topological polar surface area (TPSA) is 76.1 Å². The van der Waals surface area contributed by atoms with Crippen LogP contribution >= 0.6 is 0 Å². The number of rotatable bonds is 9. The van der Waals surface area contributed by atoms with Crippen LogP contribution in [0.1, 0.15) is 42.5 Å². The fourth-order valence-corrected chi connectivity index (χ4v) is 4.23. The molecule has 1 N–H and O–H groups in total. The highest BCUT2D eigenvalue weighted by molar-refractivity contribution is 6.46. The van der Waals surface area contributed by atoms with Crippen molar-refractivity contribution < 1.29 is 28.6 Å². The monoisotopic (exact) mass is 489 g/mol. The molecule has 1 atom stereocenters. The number of likely N-dealkylation sites (tertiary alicyclic amines) is 1. The number of halogens is 1. The third kappa shape index (κ3) is 5.10. The van der Waals surface area contributed by atoms with E-state index in [1.807, 2.05) is 30.3 Å². The summed E-state index contributed by atoms with van der Waals surface area (Å²) in [5.41, 5.74) is 1.58. The van der Waals surface area contributed by atoms with Gasteiger partial charge in [-0.25, -0.2) is 4.39 Å². The minimum Gasteiger partial charge on any atom is -0.507 e. The summed E-state index contributed by atoms with van der Waals surface area (Å²) in [5, 5.41) is 11.1. The molecular formula is C29H28FNO5. The summed E-state index contributed by atoms with van der Waals surface area (Å²) in [6.45, 7) is 2.76. The molecule has 36 heavy (non-hydrogen) atoms. The maximum atomic E-state index is 13.5. The van der Waals surface area contributed by atoms with Crippen molar-refractivity contribution in [2.45, 2.75) is 32.4 Å². The van der Waals surface area contributed by atoms with Gasteiger partial charge in [-0.1, -0.05) is 49.7 Å². The van der Waals surface area contributed by atoms with Crippen LogP contribution in [0.4, 0.5) is 4.39 Å². The fourth-order valence-electron chi connectivity index (χ4n) is 4.23. The number of carbonyl (C=O) groups excluding carboxylic acids is 2. The first-order valence-corrected chi connectivity index (χ1v) is 11.8. The quantitative estimate of drug-likeness (QED) is 0.182. The van der Waals surface area contributed by atoms with Crippen LogP contribution in [-0.4, -0.2) is 35.4 Å². The van der Waals surface area contributed by atoms with Crippen LogP contribution in [0, 0.1) is 5.82 Å². The SMILES string of the molecule is CCCCOc1ccc(C2/C(=C(\O)c3ccc(F)cc3)C(=O)C(=O)N2Cc2ccccc2)cc1OC. The van der Waals surface area contributed by atoms with Crippen molar-refractivity contribution >= 4 is 17.4 Å². The van der Waals surface area contributed by atoms with Gasteiger partial charge in [0.05, 0.1) is 25.3 Å². The van der Waals surface area contributed by atoms with Gasteiger partial charge in [-0.2, -0.15) is 0 Å². The van der Waals surface area contributed by atoms with E-state index in [2.05, 4.69) is 6.92 Å². The van der Waals surface area contributed by atoms with Crippen LogP contribution < -0.4 is 9.47 Å². The maximum Gasteiger partial charge on any atom is 0.295 e. The predicted octanol–water partition coefficient (Wildman–Crippen LogP) is 5.64. The van der Waals surface area contributed by atoms with Crippen molar-refractivity contribution in [2.75, 3.05) is 13.7 Å². The van der Waals surface area contributed by atoms with Gasteiger partial charge in [-0.05, 0) is 53.9 Å². The highest BCUT2D eigenvalue weighted by Crippen LogP contribution is 2.42. The van der Waals surface area contributed by atoms with E-state index in [4.69, 9.17) is 9.47 Å². The van der Waals surface area contributed by atoms with Gasteiger partial charge in [-0.15, -0.1) is 0 Å². The second kappa shape index (κ2) is 11.1. The van der Waals surface area contributed by atoms with Crippen LogP contribution in [0.15, 0.2) is 78.4 Å². The first-order valence-electron chi connectivity index (χ1n) is 11.8. The number of unbranched alkanes of at least 4 members (excludes halogenated alkanes) is 1. The Morgan fingerprint density at radius 1 is 1.00 bits per heavy atom. The highest BCUT2D eigenvalue weighted by atomic mass is 19.1. The number of hydrogen-bond acceptors (Lipinski definition) is 5.